The number of rotatable bonds is 6. The molecule has 1 aromatic carbocycles. The Kier molecular flexibility index (Phi) is 5.50. The topological polar surface area (TPSA) is 93.3 Å². The van der Waals surface area contributed by atoms with Crippen molar-refractivity contribution in [2.45, 2.75) is 32.4 Å². The number of benzene rings is 1. The average molecular weight is 357 g/mol. The molecule has 0 spiro atoms. The Morgan fingerprint density at radius 1 is 1.38 bits per heavy atom. The van der Waals surface area contributed by atoms with Crippen LogP contribution in [-0.2, 0) is 11.3 Å². The first kappa shape index (κ1) is 17.9. The molecule has 1 aromatic heterocycles. The van der Waals surface area contributed by atoms with Crippen LogP contribution in [0.4, 0.5) is 11.4 Å². The highest BCUT2D eigenvalue weighted by atomic mass is 16.6. The molecule has 3 rings (SSSR count). The van der Waals surface area contributed by atoms with Gasteiger partial charge in [-0.15, -0.1) is 0 Å². The number of piperidine rings is 1. The molecule has 1 saturated heterocycles. The van der Waals surface area contributed by atoms with Crippen molar-refractivity contribution in [1.29, 1.82) is 0 Å². The lowest BCUT2D eigenvalue weighted by molar-refractivity contribution is -0.384. The highest BCUT2D eigenvalue weighted by Gasteiger charge is 2.28. The minimum absolute atomic E-state index is 0.0185. The molecule has 0 saturated carbocycles. The molecule has 0 radical (unpaired) electrons. The van der Waals surface area contributed by atoms with Crippen molar-refractivity contribution in [3.05, 3.63) is 53.1 Å². The average Bonchev–Trinajstić information content (AvgIpc) is 3.14. The number of nitro benzene ring substituents is 1. The van der Waals surface area contributed by atoms with Crippen molar-refractivity contribution in [1.82, 2.24) is 14.9 Å². The second-order valence-electron chi connectivity index (χ2n) is 6.68. The molecule has 0 bridgehead atoms. The zero-order valence-corrected chi connectivity index (χ0v) is 14.7. The Hall–Kier alpha value is -2.90. The number of hydrogen-bond donors (Lipinski definition) is 1. The molecule has 2 aromatic rings. The zero-order valence-electron chi connectivity index (χ0n) is 14.7. The summed E-state index contributed by atoms with van der Waals surface area (Å²) >= 11 is 0. The van der Waals surface area contributed by atoms with Crippen LogP contribution in [0, 0.1) is 16.0 Å². The van der Waals surface area contributed by atoms with E-state index in [0.717, 1.165) is 0 Å². The maximum Gasteiger partial charge on any atom is 0.292 e. The maximum atomic E-state index is 12.5. The number of nitrogens with zero attached hydrogens (tertiary/aromatic N) is 4. The lowest BCUT2D eigenvalue weighted by Gasteiger charge is -2.33. The van der Waals surface area contributed by atoms with Crippen LogP contribution < -0.4 is 10.2 Å². The molecule has 26 heavy (non-hydrogen) atoms. The van der Waals surface area contributed by atoms with E-state index in [2.05, 4.69) is 10.3 Å². The summed E-state index contributed by atoms with van der Waals surface area (Å²) in [4.78, 5) is 29.3. The molecule has 1 fully saturated rings. The minimum atomic E-state index is -0.355. The number of aromatic nitrogens is 2. The standard InChI is InChI=1S/C18H23N5O3/c1-14(12-21-11-8-19-13-21)20-18(24)15-6-9-22(10-7-15)16-4-2-3-5-17(16)23(25)26/h2-5,8,11,13-15H,6-7,9-10,12H2,1H3,(H,20,24). The van der Waals surface area contributed by atoms with Gasteiger partial charge >= 0.3 is 0 Å². The number of carbonyl (C=O) groups is 1. The Labute approximate surface area is 152 Å². The van der Waals surface area contributed by atoms with Gasteiger partial charge in [-0.05, 0) is 25.8 Å². The first-order valence-corrected chi connectivity index (χ1v) is 8.79. The highest BCUT2D eigenvalue weighted by molar-refractivity contribution is 5.79. The van der Waals surface area contributed by atoms with Gasteiger partial charge in [-0.2, -0.15) is 0 Å². The third kappa shape index (κ3) is 4.19. The SMILES string of the molecule is CC(Cn1ccnc1)NC(=O)C1CCN(c2ccccc2[N+](=O)[O-])CC1. The van der Waals surface area contributed by atoms with E-state index in [-0.39, 0.29) is 28.5 Å². The number of amides is 1. The molecule has 1 N–H and O–H groups in total. The van der Waals surface area contributed by atoms with E-state index >= 15 is 0 Å². The van der Waals surface area contributed by atoms with Crippen molar-refractivity contribution < 1.29 is 9.72 Å². The zero-order chi connectivity index (χ0) is 18.5. The fourth-order valence-corrected chi connectivity index (χ4v) is 3.39. The summed E-state index contributed by atoms with van der Waals surface area (Å²) in [5, 5.41) is 14.3. The van der Waals surface area contributed by atoms with Crippen LogP contribution in [0.15, 0.2) is 43.0 Å². The molecule has 8 nitrogen and oxygen atoms in total. The highest BCUT2D eigenvalue weighted by Crippen LogP contribution is 2.31. The number of nitro groups is 1. The number of nitrogens with one attached hydrogen (secondary N) is 1. The van der Waals surface area contributed by atoms with Crippen LogP contribution in [0.3, 0.4) is 0 Å². The minimum Gasteiger partial charge on any atom is -0.366 e. The van der Waals surface area contributed by atoms with Crippen molar-refractivity contribution >= 4 is 17.3 Å². The molecule has 1 unspecified atom stereocenters. The fraction of sp³-hybridized carbons (Fsp3) is 0.444. The van der Waals surface area contributed by atoms with E-state index in [1.54, 1.807) is 30.7 Å². The predicted octanol–water partition coefficient (Wildman–Crippen LogP) is 2.21. The third-order valence-electron chi connectivity index (χ3n) is 4.72. The Balaban J connectivity index is 1.53. The lowest BCUT2D eigenvalue weighted by atomic mass is 9.95. The summed E-state index contributed by atoms with van der Waals surface area (Å²) in [7, 11) is 0. The number of carbonyl (C=O) groups excluding carboxylic acids is 1. The van der Waals surface area contributed by atoms with Gasteiger partial charge in [0.25, 0.3) is 5.69 Å². The van der Waals surface area contributed by atoms with Gasteiger partial charge < -0.3 is 14.8 Å². The molecule has 138 valence electrons. The summed E-state index contributed by atoms with van der Waals surface area (Å²) < 4.78 is 1.93. The largest absolute Gasteiger partial charge is 0.366 e. The van der Waals surface area contributed by atoms with E-state index < -0.39 is 0 Å². The first-order chi connectivity index (χ1) is 12.5. The molecular formula is C18H23N5O3. The molecule has 0 aliphatic carbocycles. The molecule has 1 atom stereocenters. The van der Waals surface area contributed by atoms with Gasteiger partial charge in [0.15, 0.2) is 0 Å². The summed E-state index contributed by atoms with van der Waals surface area (Å²) in [6, 6.07) is 6.78. The van der Waals surface area contributed by atoms with E-state index in [9.17, 15) is 14.9 Å². The van der Waals surface area contributed by atoms with E-state index in [4.69, 9.17) is 0 Å². The number of para-hydroxylation sites is 2. The molecule has 1 aliphatic heterocycles. The van der Waals surface area contributed by atoms with Gasteiger partial charge in [-0.25, -0.2) is 4.98 Å². The predicted molar refractivity (Wildman–Crippen MR) is 97.9 cm³/mol. The molecular weight excluding hydrogens is 334 g/mol. The van der Waals surface area contributed by atoms with Gasteiger partial charge in [-0.3, -0.25) is 14.9 Å². The molecule has 2 heterocycles. The van der Waals surface area contributed by atoms with Gasteiger partial charge in [0.1, 0.15) is 5.69 Å². The van der Waals surface area contributed by atoms with Crippen molar-refractivity contribution in [2.24, 2.45) is 5.92 Å². The monoisotopic (exact) mass is 357 g/mol. The summed E-state index contributed by atoms with van der Waals surface area (Å²) in [6.07, 6.45) is 6.69. The Morgan fingerprint density at radius 2 is 2.12 bits per heavy atom. The summed E-state index contributed by atoms with van der Waals surface area (Å²) in [5.41, 5.74) is 0.745. The molecule has 1 aliphatic rings. The normalized spacial score (nSPS) is 16.3. The second kappa shape index (κ2) is 7.99. The van der Waals surface area contributed by atoms with Gasteiger partial charge in [0, 0.05) is 50.1 Å². The quantitative estimate of drug-likeness (QED) is 0.632. The van der Waals surface area contributed by atoms with Crippen molar-refractivity contribution in [3.8, 4) is 0 Å². The van der Waals surface area contributed by atoms with E-state index in [0.29, 0.717) is 38.2 Å². The van der Waals surface area contributed by atoms with Crippen LogP contribution >= 0.6 is 0 Å². The van der Waals surface area contributed by atoms with Gasteiger partial charge in [-0.1, -0.05) is 12.1 Å². The van der Waals surface area contributed by atoms with Crippen molar-refractivity contribution in [3.63, 3.8) is 0 Å². The Morgan fingerprint density at radius 3 is 2.77 bits per heavy atom. The van der Waals surface area contributed by atoms with Crippen LogP contribution in [0.5, 0.6) is 0 Å². The third-order valence-corrected chi connectivity index (χ3v) is 4.72. The van der Waals surface area contributed by atoms with Crippen LogP contribution in [0.25, 0.3) is 0 Å². The lowest BCUT2D eigenvalue weighted by Crippen LogP contribution is -2.44. The van der Waals surface area contributed by atoms with Crippen molar-refractivity contribution in [2.75, 3.05) is 18.0 Å². The molecule has 8 heteroatoms. The maximum absolute atomic E-state index is 12.5. The van der Waals surface area contributed by atoms with Gasteiger partial charge in [0.05, 0.1) is 11.3 Å². The number of imidazole rings is 1. The summed E-state index contributed by atoms with van der Waals surface area (Å²) in [6.45, 7) is 3.93. The van der Waals surface area contributed by atoms with E-state index in [1.165, 1.54) is 6.07 Å². The second-order valence-corrected chi connectivity index (χ2v) is 6.68. The van der Waals surface area contributed by atoms with Gasteiger partial charge in [0.2, 0.25) is 5.91 Å². The van der Waals surface area contributed by atoms with Crippen LogP contribution in [0.2, 0.25) is 0 Å². The van der Waals surface area contributed by atoms with Crippen LogP contribution in [-0.4, -0.2) is 39.5 Å². The first-order valence-electron chi connectivity index (χ1n) is 8.79. The smallest absolute Gasteiger partial charge is 0.292 e. The summed E-state index contributed by atoms with van der Waals surface area (Å²) in [5.74, 6) is -0.000850. The number of anilines is 1. The molecule has 1 amide bonds. The number of hydrogen-bond acceptors (Lipinski definition) is 5. The Bertz CT molecular complexity index is 754. The van der Waals surface area contributed by atoms with Crippen LogP contribution in [0.1, 0.15) is 19.8 Å². The fourth-order valence-electron chi connectivity index (χ4n) is 3.39. The van der Waals surface area contributed by atoms with E-state index in [1.807, 2.05) is 22.6 Å².